The van der Waals surface area contributed by atoms with Crippen molar-refractivity contribution in [3.63, 3.8) is 0 Å². The molecule has 0 aliphatic heterocycles. The molecule has 3 aromatic rings. The summed E-state index contributed by atoms with van der Waals surface area (Å²) in [5.41, 5.74) is 4.69. The smallest absolute Gasteiger partial charge is 0.355 e. The summed E-state index contributed by atoms with van der Waals surface area (Å²) in [6.45, 7) is 0. The number of carbonyl (C=O) groups excluding carboxylic acids is 2. The van der Waals surface area contributed by atoms with E-state index in [0.717, 1.165) is 29.0 Å². The number of anilines is 2. The molecule has 4 N–H and O–H groups in total. The van der Waals surface area contributed by atoms with Crippen molar-refractivity contribution in [3.05, 3.63) is 90.0 Å². The Labute approximate surface area is 180 Å². The monoisotopic (exact) mass is 446 g/mol. The fraction of sp³-hybridized carbons (Fsp3) is 0.0476. The van der Waals surface area contributed by atoms with Crippen LogP contribution in [0.3, 0.4) is 0 Å². The van der Waals surface area contributed by atoms with Gasteiger partial charge in [0.15, 0.2) is 0 Å². The minimum atomic E-state index is -4.43. The van der Waals surface area contributed by atoms with Gasteiger partial charge in [0.2, 0.25) is 0 Å². The van der Waals surface area contributed by atoms with Crippen molar-refractivity contribution in [1.82, 2.24) is 15.6 Å². The molecule has 0 aromatic heterocycles. The first-order valence-electron chi connectivity index (χ1n) is 8.94. The zero-order chi connectivity index (χ0) is 22.3. The molecule has 0 atom stereocenters. The van der Waals surface area contributed by atoms with Crippen molar-refractivity contribution in [2.75, 3.05) is 5.32 Å². The Kier molecular flexibility index (Phi) is 7.03. The average molecular weight is 446 g/mol. The molecule has 160 valence electrons. The fourth-order valence-electron chi connectivity index (χ4n) is 2.49. The third kappa shape index (κ3) is 6.41. The Morgan fingerprint density at radius 3 is 2.10 bits per heavy atom. The SMILES string of the molecule is O=C(NNC(=O)c1ccccc1Nc1ccc(C(F)(F)F)cc1)NSc1ccccc1. The van der Waals surface area contributed by atoms with Gasteiger partial charge in [-0.3, -0.25) is 14.9 Å². The minimum Gasteiger partial charge on any atom is -0.355 e. The first kappa shape index (κ1) is 22.0. The van der Waals surface area contributed by atoms with E-state index >= 15 is 0 Å². The third-order valence-corrected chi connectivity index (χ3v) is 4.75. The lowest BCUT2D eigenvalue weighted by Gasteiger charge is -2.14. The van der Waals surface area contributed by atoms with Gasteiger partial charge in [0.25, 0.3) is 5.91 Å². The molecular formula is C21H17F3N4O2S. The fourth-order valence-corrected chi connectivity index (χ4v) is 3.04. The number of urea groups is 1. The van der Waals surface area contributed by atoms with E-state index in [2.05, 4.69) is 20.9 Å². The number of nitrogens with one attached hydrogen (secondary N) is 4. The molecule has 0 spiro atoms. The maximum atomic E-state index is 12.7. The molecule has 0 fully saturated rings. The molecule has 0 saturated heterocycles. The van der Waals surface area contributed by atoms with Crippen LogP contribution in [0.5, 0.6) is 0 Å². The van der Waals surface area contributed by atoms with Crippen molar-refractivity contribution in [1.29, 1.82) is 0 Å². The number of carbonyl (C=O) groups is 2. The molecule has 0 unspecified atom stereocenters. The van der Waals surface area contributed by atoms with Crippen LogP contribution in [0.15, 0.2) is 83.8 Å². The normalized spacial score (nSPS) is 10.8. The molecule has 10 heteroatoms. The molecule has 6 nitrogen and oxygen atoms in total. The standard InChI is InChI=1S/C21H17F3N4O2S/c22-21(23,24)14-10-12-15(13-11-14)25-18-9-5-4-8-17(18)19(29)26-27-20(30)28-31-16-6-2-1-3-7-16/h1-13,25H,(H,26,29)(H2,27,28,30). The van der Waals surface area contributed by atoms with Crippen molar-refractivity contribution >= 4 is 35.3 Å². The summed E-state index contributed by atoms with van der Waals surface area (Å²) >= 11 is 1.08. The van der Waals surface area contributed by atoms with Crippen LogP contribution in [0.1, 0.15) is 15.9 Å². The van der Waals surface area contributed by atoms with Crippen molar-refractivity contribution in [3.8, 4) is 0 Å². The highest BCUT2D eigenvalue weighted by atomic mass is 32.2. The van der Waals surface area contributed by atoms with Crippen molar-refractivity contribution in [2.45, 2.75) is 11.1 Å². The lowest BCUT2D eigenvalue weighted by molar-refractivity contribution is -0.137. The number of halogens is 3. The number of rotatable bonds is 5. The molecule has 0 heterocycles. The van der Waals surface area contributed by atoms with Crippen LogP contribution >= 0.6 is 11.9 Å². The molecule has 0 bridgehead atoms. The highest BCUT2D eigenvalue weighted by Gasteiger charge is 2.30. The highest BCUT2D eigenvalue weighted by molar-refractivity contribution is 7.98. The summed E-state index contributed by atoms with van der Waals surface area (Å²) in [5, 5.41) is 2.91. The first-order valence-corrected chi connectivity index (χ1v) is 9.76. The highest BCUT2D eigenvalue weighted by Crippen LogP contribution is 2.30. The number of hydrogen-bond donors (Lipinski definition) is 4. The van der Waals surface area contributed by atoms with Gasteiger partial charge in [-0.1, -0.05) is 30.3 Å². The Balaban J connectivity index is 1.59. The van der Waals surface area contributed by atoms with Crippen LogP contribution in [0.2, 0.25) is 0 Å². The Hall–Kier alpha value is -3.66. The van der Waals surface area contributed by atoms with Gasteiger partial charge in [0.1, 0.15) is 0 Å². The summed E-state index contributed by atoms with van der Waals surface area (Å²) < 4.78 is 40.6. The lowest BCUT2D eigenvalue weighted by Crippen LogP contribution is -2.45. The van der Waals surface area contributed by atoms with Gasteiger partial charge in [0.05, 0.1) is 16.8 Å². The van der Waals surface area contributed by atoms with Gasteiger partial charge in [-0.05, 0) is 60.5 Å². The second-order valence-corrected chi connectivity index (χ2v) is 7.05. The number of alkyl halides is 3. The number of hydrazine groups is 1. The number of benzene rings is 3. The zero-order valence-corrected chi connectivity index (χ0v) is 16.7. The van der Waals surface area contributed by atoms with Crippen LogP contribution < -0.4 is 20.9 Å². The first-order chi connectivity index (χ1) is 14.8. The van der Waals surface area contributed by atoms with E-state index in [9.17, 15) is 22.8 Å². The second kappa shape index (κ2) is 9.90. The predicted octanol–water partition coefficient (Wildman–Crippen LogP) is 5.10. The van der Waals surface area contributed by atoms with Crippen LogP contribution in [-0.2, 0) is 6.18 Å². The molecule has 3 rings (SSSR count). The number of amides is 3. The van der Waals surface area contributed by atoms with Gasteiger partial charge < -0.3 is 5.32 Å². The Bertz CT molecular complexity index is 1040. The summed E-state index contributed by atoms with van der Waals surface area (Å²) in [6.07, 6.45) is -4.43. The van der Waals surface area contributed by atoms with E-state index in [1.54, 1.807) is 18.2 Å². The van der Waals surface area contributed by atoms with Gasteiger partial charge >= 0.3 is 12.2 Å². The topological polar surface area (TPSA) is 82.3 Å². The Morgan fingerprint density at radius 1 is 0.774 bits per heavy atom. The molecule has 3 amide bonds. The van der Waals surface area contributed by atoms with Gasteiger partial charge in [-0.15, -0.1) is 0 Å². The van der Waals surface area contributed by atoms with Crippen LogP contribution in [0.25, 0.3) is 0 Å². The Morgan fingerprint density at radius 2 is 1.42 bits per heavy atom. The third-order valence-electron chi connectivity index (χ3n) is 3.96. The maximum Gasteiger partial charge on any atom is 0.416 e. The van der Waals surface area contributed by atoms with Gasteiger partial charge in [-0.2, -0.15) is 13.2 Å². The van der Waals surface area contributed by atoms with Crippen molar-refractivity contribution in [2.24, 2.45) is 0 Å². The van der Waals surface area contributed by atoms with E-state index in [0.29, 0.717) is 11.4 Å². The molecule has 0 saturated carbocycles. The summed E-state index contributed by atoms with van der Waals surface area (Å²) in [5.74, 6) is -0.602. The van der Waals surface area contributed by atoms with E-state index in [4.69, 9.17) is 0 Å². The summed E-state index contributed by atoms with van der Waals surface area (Å²) in [6, 6.07) is 19.3. The van der Waals surface area contributed by atoms with E-state index in [1.165, 1.54) is 18.2 Å². The largest absolute Gasteiger partial charge is 0.416 e. The molecule has 31 heavy (non-hydrogen) atoms. The van der Waals surface area contributed by atoms with E-state index in [1.807, 2.05) is 30.3 Å². The summed E-state index contributed by atoms with van der Waals surface area (Å²) in [4.78, 5) is 25.2. The van der Waals surface area contributed by atoms with Crippen LogP contribution in [0, 0.1) is 0 Å². The van der Waals surface area contributed by atoms with Gasteiger partial charge in [-0.25, -0.2) is 10.2 Å². The molecule has 0 radical (unpaired) electrons. The quantitative estimate of drug-likeness (QED) is 0.325. The number of para-hydroxylation sites is 1. The molecule has 0 aliphatic carbocycles. The summed E-state index contributed by atoms with van der Waals surface area (Å²) in [7, 11) is 0. The van der Waals surface area contributed by atoms with Gasteiger partial charge in [0, 0.05) is 10.6 Å². The van der Waals surface area contributed by atoms with Crippen molar-refractivity contribution < 1.29 is 22.8 Å². The maximum absolute atomic E-state index is 12.7. The van der Waals surface area contributed by atoms with E-state index < -0.39 is 23.7 Å². The van der Waals surface area contributed by atoms with Crippen LogP contribution in [-0.4, -0.2) is 11.9 Å². The number of hydrogen-bond acceptors (Lipinski definition) is 4. The second-order valence-electron chi connectivity index (χ2n) is 6.17. The average Bonchev–Trinajstić information content (AvgIpc) is 2.77. The molecule has 3 aromatic carbocycles. The minimum absolute atomic E-state index is 0.193. The lowest BCUT2D eigenvalue weighted by atomic mass is 10.1. The van der Waals surface area contributed by atoms with Crippen LogP contribution in [0.4, 0.5) is 29.3 Å². The van der Waals surface area contributed by atoms with E-state index in [-0.39, 0.29) is 5.56 Å². The predicted molar refractivity (Wildman–Crippen MR) is 113 cm³/mol. The molecule has 0 aliphatic rings. The molecular weight excluding hydrogens is 429 g/mol. The zero-order valence-electron chi connectivity index (χ0n) is 15.9.